The number of pyridine rings is 1. The van der Waals surface area contributed by atoms with Gasteiger partial charge in [0.2, 0.25) is 5.91 Å². The fourth-order valence-corrected chi connectivity index (χ4v) is 3.51. The van der Waals surface area contributed by atoms with Gasteiger partial charge in [0.15, 0.2) is 0 Å². The number of hydrogen-bond acceptors (Lipinski definition) is 2. The van der Waals surface area contributed by atoms with Crippen LogP contribution in [-0.4, -0.2) is 10.5 Å². The molecule has 5 heteroatoms. The first-order chi connectivity index (χ1) is 11.5. The van der Waals surface area contributed by atoms with E-state index in [0.717, 1.165) is 18.4 Å². The molecule has 0 unspecified atom stereocenters. The van der Waals surface area contributed by atoms with Crippen LogP contribution in [0.4, 0.5) is 10.1 Å². The number of hydrogen-bond donors (Lipinski definition) is 1. The van der Waals surface area contributed by atoms with Crippen LogP contribution in [0, 0.1) is 5.82 Å². The highest BCUT2D eigenvalue weighted by molar-refractivity contribution is 5.99. The topological polar surface area (TPSA) is 51.1 Å². The predicted octanol–water partition coefficient (Wildman–Crippen LogP) is 3.46. The summed E-state index contributed by atoms with van der Waals surface area (Å²) in [5.74, 6) is -0.460. The van der Waals surface area contributed by atoms with Crippen LogP contribution in [0.3, 0.4) is 0 Å². The third kappa shape index (κ3) is 2.98. The van der Waals surface area contributed by atoms with Gasteiger partial charge >= 0.3 is 0 Å². The van der Waals surface area contributed by atoms with Crippen molar-refractivity contribution in [3.8, 4) is 0 Å². The van der Waals surface area contributed by atoms with Gasteiger partial charge in [0.25, 0.3) is 5.56 Å². The number of anilines is 1. The first kappa shape index (κ1) is 16.4. The lowest BCUT2D eigenvalue weighted by Crippen LogP contribution is -2.38. The fourth-order valence-electron chi connectivity index (χ4n) is 3.51. The van der Waals surface area contributed by atoms with Crippen molar-refractivity contribution in [3.05, 3.63) is 64.3 Å². The lowest BCUT2D eigenvalue weighted by molar-refractivity contribution is -0.121. The molecule has 1 N–H and O–H groups in total. The van der Waals surface area contributed by atoms with Gasteiger partial charge in [-0.3, -0.25) is 9.59 Å². The summed E-state index contributed by atoms with van der Waals surface area (Å²) >= 11 is 0. The van der Waals surface area contributed by atoms with E-state index in [2.05, 4.69) is 5.32 Å². The summed E-state index contributed by atoms with van der Waals surface area (Å²) in [7, 11) is 0. The van der Waals surface area contributed by atoms with Gasteiger partial charge in [-0.1, -0.05) is 25.0 Å². The SMILES string of the molecule is CCn1cc(NC(=O)C2(c3cccc(F)c3)CCCC2)ccc1=O. The minimum Gasteiger partial charge on any atom is -0.324 e. The molecule has 126 valence electrons. The molecule has 1 fully saturated rings. The summed E-state index contributed by atoms with van der Waals surface area (Å²) in [6.45, 7) is 2.41. The zero-order chi connectivity index (χ0) is 17.2. The monoisotopic (exact) mass is 328 g/mol. The molecule has 4 nitrogen and oxygen atoms in total. The van der Waals surface area contributed by atoms with Crippen LogP contribution in [-0.2, 0) is 16.8 Å². The Kier molecular flexibility index (Phi) is 4.51. The van der Waals surface area contributed by atoms with Gasteiger partial charge in [0.1, 0.15) is 5.82 Å². The largest absolute Gasteiger partial charge is 0.324 e. The number of carbonyl (C=O) groups is 1. The number of aryl methyl sites for hydroxylation is 1. The minimum absolute atomic E-state index is 0.101. The summed E-state index contributed by atoms with van der Waals surface area (Å²) in [6.07, 6.45) is 4.94. The molecule has 0 bridgehead atoms. The average molecular weight is 328 g/mol. The van der Waals surface area contributed by atoms with Crippen LogP contribution in [0.25, 0.3) is 0 Å². The van der Waals surface area contributed by atoms with E-state index in [1.165, 1.54) is 18.2 Å². The Hall–Kier alpha value is -2.43. The number of benzene rings is 1. The molecule has 0 radical (unpaired) electrons. The maximum Gasteiger partial charge on any atom is 0.250 e. The molecule has 1 aliphatic carbocycles. The Morgan fingerprint density at radius 1 is 1.25 bits per heavy atom. The first-order valence-electron chi connectivity index (χ1n) is 8.33. The Labute approximate surface area is 140 Å². The number of rotatable bonds is 4. The zero-order valence-corrected chi connectivity index (χ0v) is 13.7. The Balaban J connectivity index is 1.92. The molecule has 1 amide bonds. The van der Waals surface area contributed by atoms with Crippen LogP contribution in [0.1, 0.15) is 38.2 Å². The molecule has 1 aromatic carbocycles. The van der Waals surface area contributed by atoms with Gasteiger partial charge in [0.05, 0.1) is 11.1 Å². The highest BCUT2D eigenvalue weighted by Crippen LogP contribution is 2.42. The van der Waals surface area contributed by atoms with E-state index in [1.807, 2.05) is 13.0 Å². The highest BCUT2D eigenvalue weighted by Gasteiger charge is 2.42. The number of amides is 1. The lowest BCUT2D eigenvalue weighted by atomic mass is 9.78. The molecule has 0 spiro atoms. The average Bonchev–Trinajstić information content (AvgIpc) is 3.07. The molecule has 1 saturated carbocycles. The number of halogens is 1. The van der Waals surface area contributed by atoms with Gasteiger partial charge in [-0.25, -0.2) is 4.39 Å². The standard InChI is InChI=1S/C19H21FN2O2/c1-2-22-13-16(8-9-17(22)23)21-18(24)19(10-3-4-11-19)14-6-5-7-15(20)12-14/h5-9,12-13H,2-4,10-11H2,1H3,(H,21,24). The lowest BCUT2D eigenvalue weighted by Gasteiger charge is -2.28. The maximum absolute atomic E-state index is 13.7. The van der Waals surface area contributed by atoms with Gasteiger partial charge < -0.3 is 9.88 Å². The zero-order valence-electron chi connectivity index (χ0n) is 13.7. The van der Waals surface area contributed by atoms with Crippen LogP contribution in [0.2, 0.25) is 0 Å². The third-order valence-electron chi connectivity index (χ3n) is 4.85. The van der Waals surface area contributed by atoms with Crippen molar-refractivity contribution in [3.63, 3.8) is 0 Å². The molecule has 1 aliphatic rings. The third-order valence-corrected chi connectivity index (χ3v) is 4.85. The molecule has 2 aromatic rings. The summed E-state index contributed by atoms with van der Waals surface area (Å²) < 4.78 is 15.2. The van der Waals surface area contributed by atoms with Crippen molar-refractivity contribution >= 4 is 11.6 Å². The Bertz CT molecular complexity index is 807. The van der Waals surface area contributed by atoms with E-state index in [0.29, 0.717) is 25.1 Å². The molecule has 1 heterocycles. The van der Waals surface area contributed by atoms with Gasteiger partial charge in [-0.15, -0.1) is 0 Å². The van der Waals surface area contributed by atoms with E-state index in [4.69, 9.17) is 0 Å². The van der Waals surface area contributed by atoms with Gasteiger partial charge in [-0.2, -0.15) is 0 Å². The van der Waals surface area contributed by atoms with Crippen molar-refractivity contribution in [1.82, 2.24) is 4.57 Å². The predicted molar refractivity (Wildman–Crippen MR) is 91.6 cm³/mol. The second-order valence-corrected chi connectivity index (χ2v) is 6.30. The summed E-state index contributed by atoms with van der Waals surface area (Å²) in [6, 6.07) is 9.37. The highest BCUT2D eigenvalue weighted by atomic mass is 19.1. The number of nitrogens with zero attached hydrogens (tertiary/aromatic N) is 1. The van der Waals surface area contributed by atoms with Crippen LogP contribution in [0.15, 0.2) is 47.4 Å². The summed E-state index contributed by atoms with van der Waals surface area (Å²) in [5, 5.41) is 2.92. The van der Waals surface area contributed by atoms with Crippen LogP contribution >= 0.6 is 0 Å². The second-order valence-electron chi connectivity index (χ2n) is 6.30. The van der Waals surface area contributed by atoms with Gasteiger partial charge in [-0.05, 0) is 43.5 Å². The van der Waals surface area contributed by atoms with E-state index >= 15 is 0 Å². The molecule has 0 aliphatic heterocycles. The van der Waals surface area contributed by atoms with Crippen molar-refractivity contribution in [1.29, 1.82) is 0 Å². The Morgan fingerprint density at radius 2 is 2.00 bits per heavy atom. The molecule has 0 saturated heterocycles. The second kappa shape index (κ2) is 6.59. The number of aromatic nitrogens is 1. The molecular formula is C19H21FN2O2. The molecule has 0 atom stereocenters. The van der Waals surface area contributed by atoms with Crippen molar-refractivity contribution < 1.29 is 9.18 Å². The number of nitrogens with one attached hydrogen (secondary N) is 1. The van der Waals surface area contributed by atoms with Crippen LogP contribution < -0.4 is 10.9 Å². The first-order valence-corrected chi connectivity index (χ1v) is 8.33. The van der Waals surface area contributed by atoms with Crippen molar-refractivity contribution in [2.45, 2.75) is 44.6 Å². The summed E-state index contributed by atoms with van der Waals surface area (Å²) in [4.78, 5) is 24.7. The molecule has 1 aromatic heterocycles. The van der Waals surface area contributed by atoms with Gasteiger partial charge in [0, 0.05) is 18.8 Å². The van der Waals surface area contributed by atoms with E-state index in [1.54, 1.807) is 22.9 Å². The Morgan fingerprint density at radius 3 is 2.67 bits per heavy atom. The van der Waals surface area contributed by atoms with E-state index in [-0.39, 0.29) is 17.3 Å². The van der Waals surface area contributed by atoms with E-state index in [9.17, 15) is 14.0 Å². The number of carbonyl (C=O) groups excluding carboxylic acids is 1. The van der Waals surface area contributed by atoms with Crippen LogP contribution in [0.5, 0.6) is 0 Å². The molecule has 24 heavy (non-hydrogen) atoms. The summed E-state index contributed by atoms with van der Waals surface area (Å²) in [5.41, 5.74) is 0.511. The molecule has 3 rings (SSSR count). The molecular weight excluding hydrogens is 307 g/mol. The quantitative estimate of drug-likeness (QED) is 0.934. The normalized spacial score (nSPS) is 16.1. The minimum atomic E-state index is -0.699. The van der Waals surface area contributed by atoms with E-state index < -0.39 is 5.41 Å². The van der Waals surface area contributed by atoms with Crippen molar-refractivity contribution in [2.75, 3.05) is 5.32 Å². The fraction of sp³-hybridized carbons (Fsp3) is 0.368. The maximum atomic E-state index is 13.7. The smallest absolute Gasteiger partial charge is 0.250 e. The van der Waals surface area contributed by atoms with Crippen molar-refractivity contribution in [2.24, 2.45) is 0 Å².